The number of pyridine rings is 2. The predicted octanol–water partition coefficient (Wildman–Crippen LogP) is 8.94. The largest absolute Gasteiger partial charge is 0.493 e. The number of piperazine rings is 1. The van der Waals surface area contributed by atoms with E-state index in [1.54, 1.807) is 13.2 Å². The van der Waals surface area contributed by atoms with Crippen LogP contribution in [0.25, 0.3) is 11.0 Å². The van der Waals surface area contributed by atoms with Gasteiger partial charge in [-0.2, -0.15) is 0 Å². The van der Waals surface area contributed by atoms with Crippen LogP contribution in [0.1, 0.15) is 104 Å². The first-order chi connectivity index (χ1) is 42.1. The van der Waals surface area contributed by atoms with Gasteiger partial charge in [0.25, 0.3) is 21.6 Å². The number of nitrogens with zero attached hydrogens (tertiary/aromatic N) is 9. The molecule has 462 valence electrons. The van der Waals surface area contributed by atoms with Crippen LogP contribution in [0, 0.1) is 28.4 Å². The van der Waals surface area contributed by atoms with Gasteiger partial charge in [-0.3, -0.25) is 24.7 Å². The van der Waals surface area contributed by atoms with Gasteiger partial charge in [0.15, 0.2) is 17.4 Å². The van der Waals surface area contributed by atoms with Gasteiger partial charge in [0.1, 0.15) is 11.3 Å². The molecule has 4 saturated heterocycles. The van der Waals surface area contributed by atoms with Crippen molar-refractivity contribution in [1.29, 1.82) is 0 Å². The topological polar surface area (TPSA) is 227 Å². The van der Waals surface area contributed by atoms with Gasteiger partial charge in [0.2, 0.25) is 0 Å². The number of morpholine rings is 1. The molecule has 3 aromatic heterocycles. The van der Waals surface area contributed by atoms with Crippen molar-refractivity contribution in [2.45, 2.75) is 113 Å². The number of carbonyl (C=O) groups is 1. The van der Waals surface area contributed by atoms with Crippen molar-refractivity contribution in [3.05, 3.63) is 124 Å². The maximum atomic E-state index is 14.9. The molecule has 6 fully saturated rings. The van der Waals surface area contributed by atoms with Crippen LogP contribution in [0.2, 0.25) is 0 Å². The number of piperidine rings is 1. The molecule has 6 aromatic rings. The summed E-state index contributed by atoms with van der Waals surface area (Å²) in [6, 6.07) is 25.2. The van der Waals surface area contributed by atoms with Crippen LogP contribution in [0.15, 0.2) is 96.2 Å². The maximum absolute atomic E-state index is 14.9. The number of hydrogen-bond donors (Lipinski definition) is 4. The second kappa shape index (κ2) is 24.5. The van der Waals surface area contributed by atoms with Crippen LogP contribution in [0.5, 0.6) is 5.75 Å². The Hall–Kier alpha value is -7.08. The van der Waals surface area contributed by atoms with Crippen molar-refractivity contribution in [2.75, 3.05) is 124 Å². The number of carbonyl (C=O) groups excluding carboxylic acids is 1. The highest BCUT2D eigenvalue weighted by Crippen LogP contribution is 2.54. The van der Waals surface area contributed by atoms with E-state index in [9.17, 15) is 28.4 Å². The highest BCUT2D eigenvalue weighted by molar-refractivity contribution is 7.90. The minimum Gasteiger partial charge on any atom is -0.493 e. The highest BCUT2D eigenvalue weighted by Gasteiger charge is 2.50. The number of nitro benzene ring substituents is 1. The maximum Gasteiger partial charge on any atom is 0.293 e. The predicted molar refractivity (Wildman–Crippen MR) is 336 cm³/mol. The SMILES string of the molecule is COc1cc(CN2CCN(C3CC4(CCN(c5ccc(C(=O)NS(=O)(=O)c6ccc(NCC7CCC(C)(O)CC7)c([N+](=O)[O-])c6)c(N6CC[C@H]7COCCCN7c7nc8[nH]ccc8cc76)c5)CC4)C3)[C@H](c3ccccc3C)C2)cnc1N1CCOCC1. The molecule has 7 aliphatic rings. The van der Waals surface area contributed by atoms with Crippen molar-refractivity contribution in [2.24, 2.45) is 11.3 Å². The molecular formula is C65H82N12O9S. The molecule has 22 heteroatoms. The van der Waals surface area contributed by atoms with Crippen molar-refractivity contribution in [3.63, 3.8) is 0 Å². The molecule has 2 aliphatic carbocycles. The number of rotatable bonds is 15. The lowest BCUT2D eigenvalue weighted by Crippen LogP contribution is -2.59. The minimum absolute atomic E-state index is 0.0101. The molecule has 2 atom stereocenters. The molecule has 3 aromatic carbocycles. The Morgan fingerprint density at radius 2 is 1.67 bits per heavy atom. The fraction of sp³-hybridized carbons (Fsp3) is 0.523. The average Bonchev–Trinajstić information content (AvgIpc) is 1.64. The molecule has 1 amide bonds. The number of nitrogens with one attached hydrogen (secondary N) is 3. The molecule has 8 heterocycles. The van der Waals surface area contributed by atoms with E-state index in [1.165, 1.54) is 23.3 Å². The second-order valence-corrected chi connectivity index (χ2v) is 27.4. The van der Waals surface area contributed by atoms with E-state index in [0.717, 1.165) is 155 Å². The first-order valence-electron chi connectivity index (χ1n) is 31.3. The number of aromatic nitrogens is 3. The van der Waals surface area contributed by atoms with Gasteiger partial charge in [-0.15, -0.1) is 0 Å². The zero-order valence-corrected chi connectivity index (χ0v) is 51.1. The van der Waals surface area contributed by atoms with Crippen molar-refractivity contribution in [1.82, 2.24) is 29.5 Å². The quantitative estimate of drug-likeness (QED) is 0.0556. The van der Waals surface area contributed by atoms with Crippen LogP contribution in [0.4, 0.5) is 40.1 Å². The van der Waals surface area contributed by atoms with Gasteiger partial charge in [-0.05, 0) is 155 Å². The minimum atomic E-state index is -4.63. The number of amides is 1. The Balaban J connectivity index is 0.741. The molecular weight excluding hydrogens is 1120 g/mol. The molecule has 4 N–H and O–H groups in total. The van der Waals surface area contributed by atoms with E-state index >= 15 is 0 Å². The summed E-state index contributed by atoms with van der Waals surface area (Å²) < 4.78 is 48.7. The fourth-order valence-corrected chi connectivity index (χ4v) is 15.9. The van der Waals surface area contributed by atoms with Crippen LogP contribution in [-0.4, -0.2) is 166 Å². The van der Waals surface area contributed by atoms with Gasteiger partial charge >= 0.3 is 0 Å². The molecule has 0 bridgehead atoms. The van der Waals surface area contributed by atoms with Gasteiger partial charge in [-0.1, -0.05) is 24.3 Å². The lowest BCUT2D eigenvalue weighted by atomic mass is 9.59. The fourth-order valence-electron chi connectivity index (χ4n) is 15.0. The van der Waals surface area contributed by atoms with Gasteiger partial charge in [0, 0.05) is 120 Å². The molecule has 0 unspecified atom stereocenters. The van der Waals surface area contributed by atoms with E-state index in [1.807, 2.05) is 37.5 Å². The Kier molecular flexibility index (Phi) is 16.6. The van der Waals surface area contributed by atoms with Gasteiger partial charge in [0.05, 0.1) is 65.3 Å². The lowest BCUT2D eigenvalue weighted by Gasteiger charge is -2.58. The normalized spacial score (nSPS) is 24.0. The number of sulfonamides is 1. The molecule has 1 spiro atoms. The van der Waals surface area contributed by atoms with Crippen LogP contribution >= 0.6 is 0 Å². The van der Waals surface area contributed by atoms with Crippen LogP contribution < -0.4 is 34.4 Å². The molecule has 0 radical (unpaired) electrons. The van der Waals surface area contributed by atoms with E-state index in [4.69, 9.17) is 24.2 Å². The molecule has 87 heavy (non-hydrogen) atoms. The monoisotopic (exact) mass is 1210 g/mol. The first kappa shape index (κ1) is 58.9. The van der Waals surface area contributed by atoms with E-state index in [2.05, 4.69) is 87.7 Å². The number of H-pyrrole nitrogens is 1. The van der Waals surface area contributed by atoms with E-state index < -0.39 is 37.0 Å². The first-order valence-corrected chi connectivity index (χ1v) is 32.8. The summed E-state index contributed by atoms with van der Waals surface area (Å²) in [4.78, 5) is 54.3. The smallest absolute Gasteiger partial charge is 0.293 e. The Morgan fingerprint density at radius 3 is 2.45 bits per heavy atom. The summed E-state index contributed by atoms with van der Waals surface area (Å²) in [5.74, 6) is 1.78. The van der Waals surface area contributed by atoms with Crippen LogP contribution in [0.3, 0.4) is 0 Å². The molecule has 5 aliphatic heterocycles. The summed E-state index contributed by atoms with van der Waals surface area (Å²) in [6.07, 6.45) is 12.5. The summed E-state index contributed by atoms with van der Waals surface area (Å²) in [5, 5.41) is 27.0. The Bertz CT molecular complexity index is 3610. The van der Waals surface area contributed by atoms with Gasteiger partial charge < -0.3 is 49.2 Å². The number of fused-ring (bicyclic) bond motifs is 4. The number of aryl methyl sites for hydroxylation is 1. The van der Waals surface area contributed by atoms with Crippen molar-refractivity contribution >= 4 is 67.0 Å². The average molecular weight is 1210 g/mol. The summed E-state index contributed by atoms with van der Waals surface area (Å²) in [6.45, 7) is 15.1. The Morgan fingerprint density at radius 1 is 0.862 bits per heavy atom. The standard InChI is InChI=1S/C65H82N12O9S/c1-44-7-4-5-8-52(44)58-42-71(41-46-33-59(84-3)62(68-40-46)73-28-31-85-32-29-73)26-27-74(58)50-37-65(38-50)19-24-72(25-20-65)48-9-11-53(55(35-48)76-23-16-49-43-86-30-6-22-75(49)61-57(76)34-47-15-21-66-60(47)69-61)63(78)70-87(82,83)51-10-12-54(56(36-51)77(80)81)67-39-45-13-17-64(2,79)18-14-45/h4-5,7-12,15,21,33-36,40,45,49-50,58,67,79H,6,13-14,16-20,22-32,37-39,41-43H2,1-3H3,(H,66,69)(H,70,78)/t45?,49-,58-,64?/m0/s1. The molecule has 13 rings (SSSR count). The van der Waals surface area contributed by atoms with Crippen molar-refractivity contribution in [3.8, 4) is 5.75 Å². The third-order valence-corrected chi connectivity index (χ3v) is 21.4. The van der Waals surface area contributed by atoms with Crippen molar-refractivity contribution < 1.29 is 37.5 Å². The third-order valence-electron chi connectivity index (χ3n) is 20.0. The lowest BCUT2D eigenvalue weighted by molar-refractivity contribution is -0.384. The van der Waals surface area contributed by atoms with E-state index in [-0.39, 0.29) is 34.7 Å². The number of methoxy groups -OCH3 is 1. The second-order valence-electron chi connectivity index (χ2n) is 25.7. The summed E-state index contributed by atoms with van der Waals surface area (Å²) in [5.41, 5.74) is 6.26. The zero-order chi connectivity index (χ0) is 60.0. The number of ether oxygens (including phenoxy) is 3. The number of benzene rings is 3. The number of hydrogen-bond acceptors (Lipinski definition) is 18. The number of anilines is 6. The number of aliphatic hydroxyl groups is 1. The molecule has 2 saturated carbocycles. The third kappa shape index (κ3) is 12.3. The number of nitro groups is 1. The van der Waals surface area contributed by atoms with E-state index in [0.29, 0.717) is 70.5 Å². The molecule has 21 nitrogen and oxygen atoms in total. The van der Waals surface area contributed by atoms with Crippen LogP contribution in [-0.2, 0) is 26.0 Å². The number of aromatic amines is 1. The summed E-state index contributed by atoms with van der Waals surface area (Å²) in [7, 11) is -2.90. The zero-order valence-electron chi connectivity index (χ0n) is 50.3. The Labute approximate surface area is 509 Å². The van der Waals surface area contributed by atoms with Gasteiger partial charge in [-0.25, -0.2) is 23.1 Å². The summed E-state index contributed by atoms with van der Waals surface area (Å²) >= 11 is 0. The highest BCUT2D eigenvalue weighted by atomic mass is 32.2.